The van der Waals surface area contributed by atoms with Crippen molar-refractivity contribution in [3.05, 3.63) is 41.8 Å². The number of piperidine rings is 1. The highest BCUT2D eigenvalue weighted by Gasteiger charge is 2.41. The van der Waals surface area contributed by atoms with Crippen LogP contribution in [0.4, 0.5) is 20.7 Å². The van der Waals surface area contributed by atoms with Gasteiger partial charge >= 0.3 is 6.09 Å². The number of nitrogens with two attached hydrogens (primary N) is 1. The molecule has 2 heterocycles. The van der Waals surface area contributed by atoms with Gasteiger partial charge in [-0.25, -0.2) is 9.18 Å². The number of amides is 2. The van der Waals surface area contributed by atoms with E-state index in [1.54, 1.807) is 0 Å². The fourth-order valence-corrected chi connectivity index (χ4v) is 3.75. The number of benzene rings is 1. The maximum Gasteiger partial charge on any atom is 0.407 e. The summed E-state index contributed by atoms with van der Waals surface area (Å²) in [5, 5.41) is 26.5. The lowest BCUT2D eigenvalue weighted by Gasteiger charge is -2.40. The molecule has 152 valence electrons. The van der Waals surface area contributed by atoms with Crippen LogP contribution in [0.1, 0.15) is 36.2 Å². The molecule has 10 heteroatoms. The van der Waals surface area contributed by atoms with Gasteiger partial charge in [-0.15, -0.1) is 0 Å². The molecular weight excluding hydrogens is 379 g/mol. The number of carboxylic acid groups (broad SMARTS) is 1. The zero-order valence-corrected chi connectivity index (χ0v) is 15.7. The van der Waals surface area contributed by atoms with E-state index in [2.05, 4.69) is 16.5 Å². The van der Waals surface area contributed by atoms with Crippen molar-refractivity contribution in [2.75, 3.05) is 11.9 Å². The van der Waals surface area contributed by atoms with Gasteiger partial charge in [0.25, 0.3) is 5.91 Å². The summed E-state index contributed by atoms with van der Waals surface area (Å²) in [4.78, 5) is 24.7. The lowest BCUT2D eigenvalue weighted by Crippen LogP contribution is -2.51. The second-order valence-corrected chi connectivity index (χ2v) is 6.83. The van der Waals surface area contributed by atoms with Crippen molar-refractivity contribution in [3.63, 3.8) is 0 Å². The van der Waals surface area contributed by atoms with Crippen molar-refractivity contribution in [2.45, 2.75) is 31.8 Å². The summed E-state index contributed by atoms with van der Waals surface area (Å²) in [5.74, 6) is -1.55. The lowest BCUT2D eigenvalue weighted by atomic mass is 9.84. The molecule has 1 saturated heterocycles. The van der Waals surface area contributed by atoms with Crippen LogP contribution in [0.15, 0.2) is 30.5 Å². The molecule has 0 spiro atoms. The number of nitriles is 1. The number of anilines is 2. The highest BCUT2D eigenvalue weighted by molar-refractivity contribution is 5.98. The molecule has 1 aromatic carbocycles. The standard InChI is InChI=1S/C19H21FN6O3/c1-2-15-13(9-21)16(7-8-25(15)19(28)29)26-10-14(17(22)27)18(24-26)23-12-5-3-11(20)4-6-12/h3-6,10,13,15-16H,2,7-8H2,1H3,(H2,22,27)(H,23,24)(H,28,29)/t13-,15?,16-/m1/s1. The van der Waals surface area contributed by atoms with Gasteiger partial charge in [0.15, 0.2) is 5.82 Å². The maximum absolute atomic E-state index is 13.1. The fraction of sp³-hybridized carbons (Fsp3) is 0.368. The molecule has 0 aliphatic carbocycles. The molecule has 1 aliphatic heterocycles. The number of hydrogen-bond acceptors (Lipinski definition) is 5. The Morgan fingerprint density at radius 1 is 1.41 bits per heavy atom. The smallest absolute Gasteiger partial charge is 0.407 e. The van der Waals surface area contributed by atoms with E-state index in [4.69, 9.17) is 5.73 Å². The number of nitrogens with one attached hydrogen (secondary N) is 1. The van der Waals surface area contributed by atoms with E-state index >= 15 is 0 Å². The average Bonchev–Trinajstić information content (AvgIpc) is 3.12. The predicted octanol–water partition coefficient (Wildman–Crippen LogP) is 2.71. The number of carbonyl (C=O) groups excluding carboxylic acids is 1. The zero-order chi connectivity index (χ0) is 21.1. The van der Waals surface area contributed by atoms with Crippen LogP contribution in [-0.4, -0.2) is 44.4 Å². The van der Waals surface area contributed by atoms with Gasteiger partial charge in [-0.3, -0.25) is 9.48 Å². The van der Waals surface area contributed by atoms with Crippen molar-refractivity contribution in [3.8, 4) is 6.07 Å². The molecule has 2 aromatic rings. The van der Waals surface area contributed by atoms with E-state index in [1.807, 2.05) is 6.92 Å². The molecule has 3 atom stereocenters. The van der Waals surface area contributed by atoms with Crippen LogP contribution in [0, 0.1) is 23.1 Å². The first-order valence-electron chi connectivity index (χ1n) is 9.16. The zero-order valence-electron chi connectivity index (χ0n) is 15.7. The number of carbonyl (C=O) groups is 2. The summed E-state index contributed by atoms with van der Waals surface area (Å²) < 4.78 is 14.6. The van der Waals surface area contributed by atoms with Gasteiger partial charge in [0, 0.05) is 18.4 Å². The average molecular weight is 400 g/mol. The normalized spacial score (nSPS) is 21.4. The Morgan fingerprint density at radius 2 is 2.10 bits per heavy atom. The second-order valence-electron chi connectivity index (χ2n) is 6.83. The Hall–Kier alpha value is -3.61. The van der Waals surface area contributed by atoms with Crippen LogP contribution >= 0.6 is 0 Å². The van der Waals surface area contributed by atoms with Crippen LogP contribution in [0.2, 0.25) is 0 Å². The number of likely N-dealkylation sites (tertiary alicyclic amines) is 1. The van der Waals surface area contributed by atoms with Gasteiger partial charge in [0.1, 0.15) is 11.4 Å². The van der Waals surface area contributed by atoms with Crippen LogP contribution in [0.25, 0.3) is 0 Å². The quantitative estimate of drug-likeness (QED) is 0.706. The Bertz CT molecular complexity index is 952. The van der Waals surface area contributed by atoms with Crippen LogP contribution in [0.5, 0.6) is 0 Å². The van der Waals surface area contributed by atoms with Crippen molar-refractivity contribution >= 4 is 23.5 Å². The number of hydrogen-bond donors (Lipinski definition) is 3. The molecule has 9 nitrogen and oxygen atoms in total. The lowest BCUT2D eigenvalue weighted by molar-refractivity contribution is 0.0653. The van der Waals surface area contributed by atoms with Gasteiger partial charge in [-0.2, -0.15) is 10.4 Å². The Kier molecular flexibility index (Phi) is 5.68. The third-order valence-corrected chi connectivity index (χ3v) is 5.15. The van der Waals surface area contributed by atoms with Crippen LogP contribution < -0.4 is 11.1 Å². The van der Waals surface area contributed by atoms with Gasteiger partial charge < -0.3 is 21.1 Å². The van der Waals surface area contributed by atoms with Crippen molar-refractivity contribution in [1.29, 1.82) is 5.26 Å². The SMILES string of the molecule is CCC1[C@@H](C#N)[C@H](n2cc(C(N)=O)c(Nc3ccc(F)cc3)n2)CCN1C(=O)O. The second kappa shape index (κ2) is 8.18. The van der Waals surface area contributed by atoms with Gasteiger partial charge in [0.05, 0.1) is 24.1 Å². The molecular formula is C19H21FN6O3. The first-order chi connectivity index (χ1) is 13.8. The van der Waals surface area contributed by atoms with Crippen molar-refractivity contribution in [1.82, 2.24) is 14.7 Å². The molecule has 1 fully saturated rings. The minimum absolute atomic E-state index is 0.125. The molecule has 3 rings (SSSR count). The fourth-order valence-electron chi connectivity index (χ4n) is 3.75. The van der Waals surface area contributed by atoms with E-state index in [9.17, 15) is 24.3 Å². The predicted molar refractivity (Wildman–Crippen MR) is 102 cm³/mol. The molecule has 1 unspecified atom stereocenters. The Labute approximate surface area is 166 Å². The third-order valence-electron chi connectivity index (χ3n) is 5.15. The molecule has 1 aliphatic rings. The van der Waals surface area contributed by atoms with Crippen LogP contribution in [-0.2, 0) is 0 Å². The maximum atomic E-state index is 13.1. The molecule has 2 amide bonds. The molecule has 1 aromatic heterocycles. The number of primary amides is 1. The van der Waals surface area contributed by atoms with E-state index in [1.165, 1.54) is 40.0 Å². The minimum Gasteiger partial charge on any atom is -0.465 e. The van der Waals surface area contributed by atoms with E-state index < -0.39 is 35.8 Å². The monoisotopic (exact) mass is 400 g/mol. The summed E-state index contributed by atoms with van der Waals surface area (Å²) in [6.07, 6.45) is 1.25. The van der Waals surface area contributed by atoms with E-state index in [0.29, 0.717) is 18.5 Å². The van der Waals surface area contributed by atoms with Gasteiger partial charge in [0.2, 0.25) is 0 Å². The Morgan fingerprint density at radius 3 is 2.66 bits per heavy atom. The first kappa shape index (κ1) is 20.1. The molecule has 29 heavy (non-hydrogen) atoms. The highest BCUT2D eigenvalue weighted by Crippen LogP contribution is 2.35. The topological polar surface area (TPSA) is 137 Å². The number of rotatable bonds is 5. The Balaban J connectivity index is 1.94. The highest BCUT2D eigenvalue weighted by atomic mass is 19.1. The van der Waals surface area contributed by atoms with Gasteiger partial charge in [-0.05, 0) is 37.1 Å². The summed E-state index contributed by atoms with van der Waals surface area (Å²) in [7, 11) is 0. The number of halogens is 1. The van der Waals surface area contributed by atoms with Crippen molar-refractivity contribution < 1.29 is 19.1 Å². The minimum atomic E-state index is -1.06. The van der Waals surface area contributed by atoms with Crippen LogP contribution in [0.3, 0.4) is 0 Å². The van der Waals surface area contributed by atoms with E-state index in [0.717, 1.165) is 0 Å². The summed E-state index contributed by atoms with van der Waals surface area (Å²) in [5.41, 5.74) is 6.12. The summed E-state index contributed by atoms with van der Waals surface area (Å²) in [6.45, 7) is 2.08. The number of nitrogens with zero attached hydrogens (tertiary/aromatic N) is 4. The molecule has 0 saturated carbocycles. The third kappa shape index (κ3) is 3.99. The molecule has 4 N–H and O–H groups in total. The number of aromatic nitrogens is 2. The molecule has 0 radical (unpaired) electrons. The van der Waals surface area contributed by atoms with E-state index in [-0.39, 0.29) is 17.9 Å². The largest absolute Gasteiger partial charge is 0.465 e. The first-order valence-corrected chi connectivity index (χ1v) is 9.16. The summed E-state index contributed by atoms with van der Waals surface area (Å²) in [6, 6.07) is 6.84. The van der Waals surface area contributed by atoms with Gasteiger partial charge in [-0.1, -0.05) is 6.92 Å². The summed E-state index contributed by atoms with van der Waals surface area (Å²) >= 11 is 0. The van der Waals surface area contributed by atoms with Crippen molar-refractivity contribution in [2.24, 2.45) is 11.7 Å². The molecule has 0 bridgehead atoms.